The number of anilines is 1. The molecule has 460 valence electrons. The number of carbonyl (C=O) groups is 1. The van der Waals surface area contributed by atoms with E-state index >= 15 is 13.6 Å². The predicted octanol–water partition coefficient (Wildman–Crippen LogP) is 22.2. The number of fused-ring (bicyclic) bond motifs is 3. The second-order valence-corrected chi connectivity index (χ2v) is 29.2. The van der Waals surface area contributed by atoms with Gasteiger partial charge >= 0.3 is 8.80 Å². The highest BCUT2D eigenvalue weighted by atomic mass is 32.1. The Hall–Kier alpha value is -5.15. The molecule has 7 nitrogen and oxygen atoms in total. The standard InChI is InChI=1S/C71H88F3N3O4S4Si/c1-9-17-21-25-31-49-42-63(82-61(49)46-54(47-75)71(78)77(60-40-38-57(72)66(73)67(60)74)48-86(79-14-6,80-15-7)81-16-8)68-52(33-27-23-19-11-3)44-65(84-68)70-53(34-28-24-20-12-4)45-64(85-70)69-51(32-26-22-18-10-2)43-62(83-69)50-37-39-59-56(41-50)55-35-29-30-36-58(55)76(59)13-5/h29-30,35-46H,9-28,31-34,48H2,1-8H3/b54-46+. The van der Waals surface area contributed by atoms with Crippen molar-refractivity contribution < 1.29 is 31.2 Å². The molecule has 0 aliphatic carbocycles. The van der Waals surface area contributed by atoms with Crippen molar-refractivity contribution in [2.24, 2.45) is 0 Å². The molecule has 86 heavy (non-hydrogen) atoms. The minimum Gasteiger partial charge on any atom is -0.373 e. The summed E-state index contributed by atoms with van der Waals surface area (Å²) in [6, 6.07) is 29.5. The number of nitrogens with zero attached hydrogens (tertiary/aromatic N) is 3. The van der Waals surface area contributed by atoms with E-state index in [0.717, 1.165) is 129 Å². The van der Waals surface area contributed by atoms with Crippen LogP contribution in [0.1, 0.15) is 185 Å². The SMILES string of the molecule is CCCCCCc1cc(-c2sc(-c3sc(-c4sc(-c5ccc6c(c5)c5ccccc5n6CC)cc4CCCCCC)cc3CCCCCC)cc2CCCCCC)sc1/C=C(\C#N)C(=O)N(C[Si](OCC)(OCC)OCC)c1ccc(F)c(F)c1F. The van der Waals surface area contributed by atoms with Gasteiger partial charge in [0.1, 0.15) is 11.6 Å². The van der Waals surface area contributed by atoms with Crippen LogP contribution in [0.2, 0.25) is 0 Å². The van der Waals surface area contributed by atoms with Gasteiger partial charge in [-0.25, -0.2) is 13.2 Å². The van der Waals surface area contributed by atoms with Gasteiger partial charge in [0.15, 0.2) is 17.5 Å². The summed E-state index contributed by atoms with van der Waals surface area (Å²) in [5.41, 5.74) is 8.14. The van der Waals surface area contributed by atoms with Gasteiger partial charge in [0.05, 0.1) is 11.9 Å². The van der Waals surface area contributed by atoms with Gasteiger partial charge in [0.2, 0.25) is 0 Å². The maximum absolute atomic E-state index is 16.0. The van der Waals surface area contributed by atoms with Crippen molar-refractivity contribution in [2.75, 3.05) is 30.9 Å². The molecule has 0 aliphatic heterocycles. The quantitative estimate of drug-likeness (QED) is 0.0129. The summed E-state index contributed by atoms with van der Waals surface area (Å²) in [4.78, 5) is 25.6. The highest BCUT2D eigenvalue weighted by Gasteiger charge is 2.46. The first kappa shape index (κ1) is 66.8. The molecule has 0 bridgehead atoms. The maximum atomic E-state index is 16.0. The highest BCUT2D eigenvalue weighted by Crippen LogP contribution is 2.51. The molecule has 0 atom stereocenters. The van der Waals surface area contributed by atoms with E-state index in [1.807, 2.05) is 34.0 Å². The summed E-state index contributed by atoms with van der Waals surface area (Å²) in [5, 5.41) is 13.6. The molecule has 5 heterocycles. The van der Waals surface area contributed by atoms with E-state index in [4.69, 9.17) is 13.3 Å². The molecule has 0 saturated carbocycles. The fraction of sp³-hybridized carbons (Fsp3) is 0.465. The predicted molar refractivity (Wildman–Crippen MR) is 363 cm³/mol. The van der Waals surface area contributed by atoms with Crippen molar-refractivity contribution in [1.29, 1.82) is 5.26 Å². The number of carbonyl (C=O) groups excluding carboxylic acids is 1. The van der Waals surface area contributed by atoms with E-state index in [0.29, 0.717) is 0 Å². The first-order valence-electron chi connectivity index (χ1n) is 31.9. The van der Waals surface area contributed by atoms with Gasteiger partial charge in [-0.05, 0) is 168 Å². The maximum Gasteiger partial charge on any atom is 0.521 e. The fourth-order valence-corrected chi connectivity index (χ4v) is 19.5. The van der Waals surface area contributed by atoms with E-state index in [1.54, 1.807) is 38.2 Å². The van der Waals surface area contributed by atoms with Crippen LogP contribution in [0.5, 0.6) is 0 Å². The molecule has 3 aromatic carbocycles. The molecule has 0 spiro atoms. The minimum absolute atomic E-state index is 0.147. The monoisotopic (exact) mass is 1260 g/mol. The molecule has 8 aromatic rings. The molecule has 0 N–H and O–H groups in total. The third kappa shape index (κ3) is 16.0. The summed E-state index contributed by atoms with van der Waals surface area (Å²) in [5.74, 6) is -5.60. The molecule has 0 fully saturated rings. The molecule has 0 radical (unpaired) electrons. The summed E-state index contributed by atoms with van der Waals surface area (Å²) in [6.07, 6.45) is 22.9. The summed E-state index contributed by atoms with van der Waals surface area (Å²) >= 11 is 7.32. The zero-order chi connectivity index (χ0) is 61.2. The number of aromatic nitrogens is 1. The number of halogens is 3. The number of amides is 1. The zero-order valence-electron chi connectivity index (χ0n) is 52.0. The van der Waals surface area contributed by atoms with Crippen molar-refractivity contribution in [1.82, 2.24) is 4.57 Å². The van der Waals surface area contributed by atoms with Crippen molar-refractivity contribution in [3.8, 4) is 45.8 Å². The van der Waals surface area contributed by atoms with Crippen LogP contribution in [0.15, 0.2) is 84.4 Å². The van der Waals surface area contributed by atoms with Gasteiger partial charge in [0.25, 0.3) is 5.91 Å². The van der Waals surface area contributed by atoms with Gasteiger partial charge in [-0.3, -0.25) is 4.79 Å². The Kier molecular flexibility index (Phi) is 25.5. The Balaban J connectivity index is 1.25. The number of nitriles is 1. The Bertz CT molecular complexity index is 3570. The van der Waals surface area contributed by atoms with Crippen LogP contribution < -0.4 is 4.90 Å². The first-order chi connectivity index (χ1) is 41.9. The second kappa shape index (κ2) is 32.9. The molecular formula is C71H88F3N3O4S4Si. The van der Waals surface area contributed by atoms with E-state index in [9.17, 15) is 9.65 Å². The first-order valence-corrected chi connectivity index (χ1v) is 37.1. The molecule has 15 heteroatoms. The highest BCUT2D eigenvalue weighted by molar-refractivity contribution is 7.29. The third-order valence-electron chi connectivity index (χ3n) is 16.1. The Morgan fingerprint density at radius 3 is 1.53 bits per heavy atom. The lowest BCUT2D eigenvalue weighted by Gasteiger charge is -2.33. The lowest BCUT2D eigenvalue weighted by atomic mass is 10.0. The number of aryl methyl sites for hydroxylation is 5. The smallest absolute Gasteiger partial charge is 0.373 e. The van der Waals surface area contributed by atoms with Crippen LogP contribution in [0.25, 0.3) is 67.6 Å². The van der Waals surface area contributed by atoms with Crippen LogP contribution in [0, 0.1) is 28.8 Å². The lowest BCUT2D eigenvalue weighted by Crippen LogP contribution is -2.57. The Morgan fingerprint density at radius 1 is 0.547 bits per heavy atom. The van der Waals surface area contributed by atoms with Gasteiger partial charge in [0, 0.05) is 87.2 Å². The van der Waals surface area contributed by atoms with Crippen LogP contribution in [-0.4, -0.2) is 45.3 Å². The summed E-state index contributed by atoms with van der Waals surface area (Å²) < 4.78 is 66.4. The van der Waals surface area contributed by atoms with Gasteiger partial charge in [-0.15, -0.1) is 45.3 Å². The van der Waals surface area contributed by atoms with Crippen molar-refractivity contribution in [3.05, 3.63) is 129 Å². The van der Waals surface area contributed by atoms with Crippen LogP contribution >= 0.6 is 45.3 Å². The van der Waals surface area contributed by atoms with Gasteiger partial charge in [-0.1, -0.05) is 129 Å². The zero-order valence-corrected chi connectivity index (χ0v) is 56.3. The van der Waals surface area contributed by atoms with Gasteiger partial charge in [-0.2, -0.15) is 5.26 Å². The number of para-hydroxylation sites is 1. The Morgan fingerprint density at radius 2 is 1.02 bits per heavy atom. The number of thiophene rings is 4. The van der Waals surface area contributed by atoms with Gasteiger partial charge < -0.3 is 22.7 Å². The van der Waals surface area contributed by atoms with E-state index < -0.39 is 44.0 Å². The number of unbranched alkanes of at least 4 members (excludes halogenated alkanes) is 12. The number of rotatable bonds is 36. The van der Waals surface area contributed by atoms with E-state index in [2.05, 4.69) is 112 Å². The van der Waals surface area contributed by atoms with E-state index in [1.165, 1.54) is 112 Å². The molecule has 1 amide bonds. The topological polar surface area (TPSA) is 76.7 Å². The average molecular weight is 1260 g/mol. The molecule has 0 unspecified atom stereocenters. The molecule has 0 saturated heterocycles. The van der Waals surface area contributed by atoms with Crippen LogP contribution in [-0.2, 0) is 50.3 Å². The average Bonchev–Trinajstić information content (AvgIpc) is 1.71. The molecule has 5 aromatic heterocycles. The number of hydrogen-bond acceptors (Lipinski definition) is 9. The number of benzene rings is 3. The lowest BCUT2D eigenvalue weighted by molar-refractivity contribution is -0.114. The van der Waals surface area contributed by atoms with Crippen molar-refractivity contribution in [2.45, 2.75) is 190 Å². The summed E-state index contributed by atoms with van der Waals surface area (Å²) in [6.45, 7) is 17.8. The second-order valence-electron chi connectivity index (χ2n) is 22.4. The van der Waals surface area contributed by atoms with Crippen LogP contribution in [0.4, 0.5) is 18.9 Å². The summed E-state index contributed by atoms with van der Waals surface area (Å²) in [7, 11) is -3.82. The Labute approximate surface area is 527 Å². The molecule has 8 rings (SSSR count). The fourth-order valence-electron chi connectivity index (χ4n) is 11.7. The largest absolute Gasteiger partial charge is 0.521 e. The van der Waals surface area contributed by atoms with Crippen LogP contribution in [0.3, 0.4) is 0 Å². The number of hydrogen-bond donors (Lipinski definition) is 0. The van der Waals surface area contributed by atoms with Crippen molar-refractivity contribution >= 4 is 93.6 Å². The normalized spacial score (nSPS) is 12.1. The van der Waals surface area contributed by atoms with E-state index in [-0.39, 0.29) is 25.4 Å². The molecular weight excluding hydrogens is 1170 g/mol. The minimum atomic E-state index is -3.82. The van der Waals surface area contributed by atoms with Crippen molar-refractivity contribution in [3.63, 3.8) is 0 Å². The molecule has 0 aliphatic rings. The third-order valence-corrected chi connectivity index (χ3v) is 24.3.